The van der Waals surface area contributed by atoms with E-state index in [1.54, 1.807) is 0 Å². The Morgan fingerprint density at radius 2 is 1.74 bits per heavy atom. The number of carboxylic acid groups (broad SMARTS) is 1. The molecule has 1 N–H and O–H groups in total. The Labute approximate surface area is 213 Å². The number of carboxylic acids is 1. The first-order valence-corrected chi connectivity index (χ1v) is 13.8. The van der Waals surface area contributed by atoms with Crippen LogP contribution < -0.4 is 0 Å². The van der Waals surface area contributed by atoms with Crippen molar-refractivity contribution in [3.05, 3.63) is 46.1 Å². The summed E-state index contributed by atoms with van der Waals surface area (Å²) in [7, 11) is 0. The van der Waals surface area contributed by atoms with Gasteiger partial charge in [0.15, 0.2) is 0 Å². The smallest absolute Gasteiger partial charge is 0.310 e. The summed E-state index contributed by atoms with van der Waals surface area (Å²) in [5.74, 6) is 2.18. The minimum atomic E-state index is -0.576. The molecule has 1 amide bonds. The summed E-state index contributed by atoms with van der Waals surface area (Å²) in [5.41, 5.74) is 3.01. The van der Waals surface area contributed by atoms with Crippen LogP contribution in [0.2, 0.25) is 5.02 Å². The Morgan fingerprint density at radius 3 is 2.23 bits per heavy atom. The van der Waals surface area contributed by atoms with Gasteiger partial charge in [0.2, 0.25) is 5.91 Å². The molecule has 1 heterocycles. The van der Waals surface area contributed by atoms with Crippen LogP contribution in [0.25, 0.3) is 0 Å². The maximum atomic E-state index is 13.8. The van der Waals surface area contributed by atoms with Gasteiger partial charge < -0.3 is 10.0 Å². The summed E-state index contributed by atoms with van der Waals surface area (Å²) in [4.78, 5) is 27.8. The minimum absolute atomic E-state index is 0.0514. The molecule has 1 aliphatic heterocycles. The molecule has 0 unspecified atom stereocenters. The number of allylic oxidation sites excluding steroid dienone is 1. The zero-order chi connectivity index (χ0) is 25.0. The van der Waals surface area contributed by atoms with E-state index in [9.17, 15) is 14.7 Å². The zero-order valence-corrected chi connectivity index (χ0v) is 22.3. The lowest BCUT2D eigenvalue weighted by molar-refractivity contribution is -0.623. The number of aliphatic carboxylic acids is 1. The quantitative estimate of drug-likeness (QED) is 0.534. The molecule has 0 bridgehead atoms. The monoisotopic (exact) mass is 493 g/mol. The van der Waals surface area contributed by atoms with Crippen LogP contribution in [0.4, 0.5) is 0 Å². The third-order valence-electron chi connectivity index (χ3n) is 11.5. The Bertz CT molecular complexity index is 1180. The summed E-state index contributed by atoms with van der Waals surface area (Å²) in [6.07, 6.45) is 4.66. The average molecular weight is 494 g/mol. The molecule has 0 saturated heterocycles. The van der Waals surface area contributed by atoms with Crippen molar-refractivity contribution in [1.29, 1.82) is 0 Å². The average Bonchev–Trinajstić information content (AvgIpc) is 2.77. The van der Waals surface area contributed by atoms with E-state index in [4.69, 9.17) is 11.6 Å². The lowest BCUT2D eigenvalue weighted by atomic mass is 8.94. The molecule has 8 rings (SSSR count). The van der Waals surface area contributed by atoms with E-state index < -0.39 is 11.4 Å². The summed E-state index contributed by atoms with van der Waals surface area (Å²) >= 11 is 6.79. The van der Waals surface area contributed by atoms with Crippen molar-refractivity contribution in [1.82, 2.24) is 4.90 Å². The number of nitrogens with zero attached hydrogens (tertiary/aromatic N) is 1. The predicted octanol–water partition coefficient (Wildman–Crippen LogP) is 5.92. The van der Waals surface area contributed by atoms with E-state index in [0.29, 0.717) is 47.8 Å². The minimum Gasteiger partial charge on any atom is -0.481 e. The molecule has 0 aromatic heterocycles. The standard InChI is InChI=1S/C30H36ClNO3/c1-14(2)17-13-32(30-23-20-24(30)22-25(30)21(23)29(20,22)26(34)35)19(33)12-28(17,6)16-8-7-15(18(31)11-16)9-10-27(3,4)5/h7-8,11,13-14,20-25H,9-10,12H2,1-6H3,(H,34,35)/t20?,21?,22?,23?,24?,25?,28-,29?,30?/m0/s1. The highest BCUT2D eigenvalue weighted by molar-refractivity contribution is 6.31. The van der Waals surface area contributed by atoms with Crippen LogP contribution in [0.3, 0.4) is 0 Å². The molecule has 0 radical (unpaired) electrons. The molecule has 1 aromatic carbocycles. The van der Waals surface area contributed by atoms with Crippen molar-refractivity contribution in [2.24, 2.45) is 52.3 Å². The molecule has 35 heavy (non-hydrogen) atoms. The predicted molar refractivity (Wildman–Crippen MR) is 135 cm³/mol. The lowest BCUT2D eigenvalue weighted by Crippen LogP contribution is -3.15. The number of amides is 1. The van der Waals surface area contributed by atoms with E-state index in [2.05, 4.69) is 70.8 Å². The maximum Gasteiger partial charge on any atom is 0.310 e. The van der Waals surface area contributed by atoms with Crippen molar-refractivity contribution in [3.63, 3.8) is 0 Å². The highest BCUT2D eigenvalue weighted by Gasteiger charge is 3.13. The lowest BCUT2D eigenvalue weighted by Gasteiger charge is -3.10. The van der Waals surface area contributed by atoms with Gasteiger partial charge in [-0.05, 0) is 82.4 Å². The molecular formula is C30H36ClNO3. The number of halogens is 1. The van der Waals surface area contributed by atoms with Gasteiger partial charge in [0, 0.05) is 23.1 Å². The van der Waals surface area contributed by atoms with Crippen LogP contribution in [0.5, 0.6) is 0 Å². The summed E-state index contributed by atoms with van der Waals surface area (Å²) in [5, 5.41) is 10.6. The van der Waals surface area contributed by atoms with Gasteiger partial charge in [0.1, 0.15) is 0 Å². The second-order valence-corrected chi connectivity index (χ2v) is 14.6. The Balaban J connectivity index is 1.19. The third kappa shape index (κ3) is 2.10. The molecule has 5 heteroatoms. The van der Waals surface area contributed by atoms with E-state index in [-0.39, 0.29) is 22.3 Å². The molecule has 7 aliphatic rings. The first-order chi connectivity index (χ1) is 16.3. The Morgan fingerprint density at radius 1 is 1.14 bits per heavy atom. The SMILES string of the molecule is CC(C)C1=CN(C23C4C5C2C2C3C4C52C(=O)O)C(=O)C[C@@]1(C)c1ccc(CCC(C)(C)C)c(Cl)c1. The second kappa shape index (κ2) is 6.18. The van der Waals surface area contributed by atoms with Crippen LogP contribution in [0, 0.1) is 52.3 Å². The van der Waals surface area contributed by atoms with Gasteiger partial charge in [-0.15, -0.1) is 0 Å². The summed E-state index contributed by atoms with van der Waals surface area (Å²) in [6.45, 7) is 13.4. The second-order valence-electron chi connectivity index (χ2n) is 14.2. The Kier molecular flexibility index (Phi) is 3.95. The van der Waals surface area contributed by atoms with Gasteiger partial charge in [-0.25, -0.2) is 0 Å². The molecule has 6 aliphatic carbocycles. The zero-order valence-electron chi connectivity index (χ0n) is 21.6. The Hall–Kier alpha value is -1.81. The van der Waals surface area contributed by atoms with Crippen molar-refractivity contribution < 1.29 is 14.7 Å². The third-order valence-corrected chi connectivity index (χ3v) is 11.9. The highest BCUT2D eigenvalue weighted by atomic mass is 35.5. The van der Waals surface area contributed by atoms with Gasteiger partial charge in [0.25, 0.3) is 0 Å². The molecule has 186 valence electrons. The number of aryl methyl sites for hydroxylation is 1. The first-order valence-electron chi connectivity index (χ1n) is 13.4. The number of carbonyl (C=O) groups excluding carboxylic acids is 1. The van der Waals surface area contributed by atoms with Gasteiger partial charge in [-0.1, -0.05) is 65.3 Å². The first kappa shape index (κ1) is 22.4. The molecule has 1 aromatic rings. The fourth-order valence-electron chi connectivity index (χ4n) is 10.2. The van der Waals surface area contributed by atoms with Crippen LogP contribution in [0.15, 0.2) is 30.0 Å². The van der Waals surface area contributed by atoms with Crippen LogP contribution >= 0.6 is 11.6 Å². The van der Waals surface area contributed by atoms with E-state index in [1.165, 1.54) is 11.1 Å². The van der Waals surface area contributed by atoms with Crippen molar-refractivity contribution >= 4 is 23.5 Å². The van der Waals surface area contributed by atoms with Crippen LogP contribution in [-0.2, 0) is 21.4 Å². The normalized spacial score (nSPS) is 45.5. The molecular weight excluding hydrogens is 458 g/mol. The number of rotatable bonds is 6. The van der Waals surface area contributed by atoms with E-state index in [1.807, 2.05) is 0 Å². The molecule has 4 nitrogen and oxygen atoms in total. The van der Waals surface area contributed by atoms with Crippen LogP contribution in [0.1, 0.15) is 65.5 Å². The van der Waals surface area contributed by atoms with Gasteiger partial charge in [-0.2, -0.15) is 0 Å². The number of carbonyl (C=O) groups is 2. The highest BCUT2D eigenvalue weighted by Crippen LogP contribution is 3.08. The van der Waals surface area contributed by atoms with Crippen molar-refractivity contribution in [2.45, 2.75) is 71.8 Å². The topological polar surface area (TPSA) is 57.6 Å². The van der Waals surface area contributed by atoms with E-state index in [0.717, 1.165) is 23.4 Å². The summed E-state index contributed by atoms with van der Waals surface area (Å²) < 4.78 is 0. The van der Waals surface area contributed by atoms with Gasteiger partial charge >= 0.3 is 5.97 Å². The number of hydrogen-bond acceptors (Lipinski definition) is 2. The molecule has 6 saturated carbocycles. The van der Waals surface area contributed by atoms with Crippen molar-refractivity contribution in [2.75, 3.05) is 0 Å². The number of hydrogen-bond donors (Lipinski definition) is 1. The molecule has 0 spiro atoms. The van der Waals surface area contributed by atoms with Gasteiger partial charge in [0.05, 0.1) is 11.0 Å². The largest absolute Gasteiger partial charge is 0.481 e. The number of benzene rings is 1. The van der Waals surface area contributed by atoms with Crippen LogP contribution in [-0.4, -0.2) is 27.4 Å². The molecule has 6 fully saturated rings. The van der Waals surface area contributed by atoms with Gasteiger partial charge in [-0.3, -0.25) is 9.59 Å². The maximum absolute atomic E-state index is 13.8. The van der Waals surface area contributed by atoms with E-state index >= 15 is 0 Å². The summed E-state index contributed by atoms with van der Waals surface area (Å²) in [6, 6.07) is 6.44. The fourth-order valence-corrected chi connectivity index (χ4v) is 10.5. The molecule has 1 atom stereocenters. The fraction of sp³-hybridized carbons (Fsp3) is 0.667. The van der Waals surface area contributed by atoms with Crippen molar-refractivity contribution in [3.8, 4) is 0 Å².